The number of ketones is 1. The molecule has 28 heavy (non-hydrogen) atoms. The predicted octanol–water partition coefficient (Wildman–Crippen LogP) is 3.73. The van der Waals surface area contributed by atoms with Crippen molar-refractivity contribution in [1.82, 2.24) is 15.2 Å². The Morgan fingerprint density at radius 3 is 2.25 bits per heavy atom. The van der Waals surface area contributed by atoms with Gasteiger partial charge in [-0.05, 0) is 17.2 Å². The number of aromatic nitrogens is 1. The second kappa shape index (κ2) is 8.86. The first kappa shape index (κ1) is 19.2. The van der Waals surface area contributed by atoms with Crippen LogP contribution in [0.2, 0.25) is 0 Å². The Labute approximate surface area is 164 Å². The van der Waals surface area contributed by atoms with Gasteiger partial charge >= 0.3 is 0 Å². The summed E-state index contributed by atoms with van der Waals surface area (Å²) in [6.07, 6.45) is 3.37. The Kier molecular flexibility index (Phi) is 6.07. The van der Waals surface area contributed by atoms with E-state index in [1.54, 1.807) is 18.5 Å². The number of benzene rings is 2. The van der Waals surface area contributed by atoms with Crippen LogP contribution in [-0.4, -0.2) is 35.7 Å². The topological polar surface area (TPSA) is 65.2 Å². The van der Waals surface area contributed by atoms with Crippen LogP contribution in [0.5, 0.6) is 0 Å². The molecule has 3 aromatic rings. The van der Waals surface area contributed by atoms with E-state index < -0.39 is 0 Å². The largest absolute Gasteiger partial charge is 0.383 e. The highest BCUT2D eigenvalue weighted by Crippen LogP contribution is 2.21. The molecule has 0 fully saturated rings. The van der Waals surface area contributed by atoms with E-state index in [9.17, 15) is 9.59 Å². The number of amides is 1. The number of carbonyl (C=O) groups excluding carboxylic acids is 2. The first-order chi connectivity index (χ1) is 13.5. The smallest absolute Gasteiger partial charge is 0.267 e. The average molecular weight is 373 g/mol. The van der Waals surface area contributed by atoms with Crippen LogP contribution in [-0.2, 0) is 6.54 Å². The number of rotatable bonds is 7. The van der Waals surface area contributed by atoms with E-state index in [-0.39, 0.29) is 11.7 Å². The third-order valence-electron chi connectivity index (χ3n) is 4.20. The zero-order chi connectivity index (χ0) is 19.9. The molecule has 1 heterocycles. The second-order valence-electron chi connectivity index (χ2n) is 6.67. The van der Waals surface area contributed by atoms with Crippen molar-refractivity contribution in [2.24, 2.45) is 0 Å². The van der Waals surface area contributed by atoms with Gasteiger partial charge in [0.25, 0.3) is 5.91 Å². The van der Waals surface area contributed by atoms with Gasteiger partial charge in [0.2, 0.25) is 0 Å². The fraction of sp³-hybridized carbons (Fsp3) is 0.130. The summed E-state index contributed by atoms with van der Waals surface area (Å²) in [6.45, 7) is 0.428. The summed E-state index contributed by atoms with van der Waals surface area (Å²) in [4.78, 5) is 30.2. The third kappa shape index (κ3) is 4.76. The van der Waals surface area contributed by atoms with Crippen molar-refractivity contribution >= 4 is 17.3 Å². The van der Waals surface area contributed by atoms with E-state index in [1.165, 1.54) is 0 Å². The molecule has 0 aliphatic carbocycles. The van der Waals surface area contributed by atoms with Crippen LogP contribution < -0.4 is 5.32 Å². The maximum atomic E-state index is 13.0. The van der Waals surface area contributed by atoms with Crippen LogP contribution in [0.15, 0.2) is 79.1 Å². The number of hydrogen-bond donors (Lipinski definition) is 2. The molecule has 0 radical (unpaired) electrons. The highest BCUT2D eigenvalue weighted by Gasteiger charge is 2.18. The molecule has 1 aromatic heterocycles. The van der Waals surface area contributed by atoms with E-state index in [0.717, 1.165) is 11.1 Å². The molecule has 0 aliphatic heterocycles. The van der Waals surface area contributed by atoms with E-state index >= 15 is 0 Å². The summed E-state index contributed by atoms with van der Waals surface area (Å²) in [5.41, 5.74) is 3.22. The van der Waals surface area contributed by atoms with Crippen LogP contribution in [0.3, 0.4) is 0 Å². The third-order valence-corrected chi connectivity index (χ3v) is 4.20. The lowest BCUT2D eigenvalue weighted by Gasteiger charge is -2.11. The van der Waals surface area contributed by atoms with Gasteiger partial charge in [-0.25, -0.2) is 0 Å². The number of H-pyrrole nitrogens is 1. The van der Waals surface area contributed by atoms with Crippen LogP contribution in [0, 0.1) is 0 Å². The number of nitrogens with one attached hydrogen (secondary N) is 2. The van der Waals surface area contributed by atoms with Gasteiger partial charge in [-0.2, -0.15) is 0 Å². The molecule has 0 unspecified atom stereocenters. The van der Waals surface area contributed by atoms with E-state index in [4.69, 9.17) is 0 Å². The lowest BCUT2D eigenvalue weighted by molar-refractivity contribution is 0.0946. The first-order valence-electron chi connectivity index (χ1n) is 9.03. The van der Waals surface area contributed by atoms with Gasteiger partial charge in [-0.15, -0.1) is 0 Å². The van der Waals surface area contributed by atoms with Gasteiger partial charge < -0.3 is 15.2 Å². The molecule has 5 nitrogen and oxygen atoms in total. The van der Waals surface area contributed by atoms with E-state index in [1.807, 2.05) is 79.7 Å². The SMILES string of the molecule is CN(C)/C=C(/C(=O)c1c[nH]c(C(=O)NCc2ccccc2)c1)c1ccccc1. The van der Waals surface area contributed by atoms with Crippen LogP contribution in [0.25, 0.3) is 5.57 Å². The molecule has 5 heteroatoms. The maximum Gasteiger partial charge on any atom is 0.267 e. The molecule has 2 aromatic carbocycles. The molecule has 0 bridgehead atoms. The van der Waals surface area contributed by atoms with E-state index in [2.05, 4.69) is 10.3 Å². The fourth-order valence-electron chi connectivity index (χ4n) is 2.83. The monoisotopic (exact) mass is 373 g/mol. The molecule has 3 rings (SSSR count). The van der Waals surface area contributed by atoms with Crippen molar-refractivity contribution in [3.8, 4) is 0 Å². The molecular formula is C23H23N3O2. The Bertz CT molecular complexity index is 973. The van der Waals surface area contributed by atoms with Crippen LogP contribution >= 0.6 is 0 Å². The molecule has 0 atom stereocenters. The Balaban J connectivity index is 1.76. The first-order valence-corrected chi connectivity index (χ1v) is 9.03. The van der Waals surface area contributed by atoms with Gasteiger partial charge in [-0.3, -0.25) is 9.59 Å². The van der Waals surface area contributed by atoms with Crippen molar-refractivity contribution in [2.75, 3.05) is 14.1 Å². The van der Waals surface area contributed by atoms with Crippen molar-refractivity contribution in [3.05, 3.63) is 102 Å². The average Bonchev–Trinajstić information content (AvgIpc) is 3.21. The van der Waals surface area contributed by atoms with Crippen LogP contribution in [0.1, 0.15) is 32.0 Å². The number of aromatic amines is 1. The molecule has 2 N–H and O–H groups in total. The molecular weight excluding hydrogens is 350 g/mol. The van der Waals surface area contributed by atoms with Crippen molar-refractivity contribution in [1.29, 1.82) is 0 Å². The Hall–Kier alpha value is -3.60. The van der Waals surface area contributed by atoms with Crippen molar-refractivity contribution < 1.29 is 9.59 Å². The Morgan fingerprint density at radius 2 is 1.61 bits per heavy atom. The van der Waals surface area contributed by atoms with Gasteiger partial charge in [0.15, 0.2) is 5.78 Å². The van der Waals surface area contributed by atoms with Gasteiger partial charge in [-0.1, -0.05) is 60.7 Å². The standard InChI is InChI=1S/C23H23N3O2/c1-26(2)16-20(18-11-7-4-8-12-18)22(27)19-13-21(24-15-19)23(28)25-14-17-9-5-3-6-10-17/h3-13,15-16,24H,14H2,1-2H3,(H,25,28)/b20-16+. The number of carbonyl (C=O) groups is 2. The molecule has 0 spiro atoms. The summed E-state index contributed by atoms with van der Waals surface area (Å²) in [7, 11) is 3.74. The summed E-state index contributed by atoms with van der Waals surface area (Å²) < 4.78 is 0. The minimum atomic E-state index is -0.249. The van der Waals surface area contributed by atoms with Gasteiger partial charge in [0, 0.05) is 44.2 Å². The molecule has 1 amide bonds. The van der Waals surface area contributed by atoms with Crippen LogP contribution in [0.4, 0.5) is 0 Å². The zero-order valence-corrected chi connectivity index (χ0v) is 16.0. The molecule has 0 aliphatic rings. The minimum absolute atomic E-state index is 0.141. The summed E-state index contributed by atoms with van der Waals surface area (Å²) in [5, 5.41) is 2.86. The van der Waals surface area contributed by atoms with Gasteiger partial charge in [0.1, 0.15) is 5.69 Å². The predicted molar refractivity (Wildman–Crippen MR) is 111 cm³/mol. The van der Waals surface area contributed by atoms with Gasteiger partial charge in [0.05, 0.1) is 0 Å². The number of nitrogens with zero attached hydrogens (tertiary/aromatic N) is 1. The zero-order valence-electron chi connectivity index (χ0n) is 16.0. The molecule has 142 valence electrons. The number of allylic oxidation sites excluding steroid dienone is 1. The normalized spacial score (nSPS) is 11.1. The van der Waals surface area contributed by atoms with Crippen molar-refractivity contribution in [2.45, 2.75) is 6.54 Å². The Morgan fingerprint density at radius 1 is 0.964 bits per heavy atom. The van der Waals surface area contributed by atoms with E-state index in [0.29, 0.717) is 23.4 Å². The number of Topliss-reactive ketones (excluding diaryl/α,β-unsaturated/α-hetero) is 1. The minimum Gasteiger partial charge on any atom is -0.383 e. The number of hydrogen-bond acceptors (Lipinski definition) is 3. The fourth-order valence-corrected chi connectivity index (χ4v) is 2.83. The summed E-state index contributed by atoms with van der Waals surface area (Å²) >= 11 is 0. The lowest BCUT2D eigenvalue weighted by atomic mass is 9.99. The highest BCUT2D eigenvalue weighted by atomic mass is 16.2. The quantitative estimate of drug-likeness (QED) is 0.490. The summed E-state index contributed by atoms with van der Waals surface area (Å²) in [5.74, 6) is -0.390. The second-order valence-corrected chi connectivity index (χ2v) is 6.67. The molecule has 0 saturated carbocycles. The highest BCUT2D eigenvalue weighted by molar-refractivity contribution is 6.29. The lowest BCUT2D eigenvalue weighted by Crippen LogP contribution is -2.23. The maximum absolute atomic E-state index is 13.0. The summed E-state index contributed by atoms with van der Waals surface area (Å²) in [6, 6.07) is 20.8. The van der Waals surface area contributed by atoms with Crippen molar-refractivity contribution in [3.63, 3.8) is 0 Å². The molecule has 0 saturated heterocycles.